The summed E-state index contributed by atoms with van der Waals surface area (Å²) in [5, 5.41) is 19.0. The van der Waals surface area contributed by atoms with Crippen LogP contribution in [0.1, 0.15) is 15.9 Å². The zero-order chi connectivity index (χ0) is 14.8. The SMILES string of the molecule is N#Cc1ccsc1NS(=O)(=O)c1ccc(C(=O)O)cn1. The van der Waals surface area contributed by atoms with E-state index in [4.69, 9.17) is 10.4 Å². The largest absolute Gasteiger partial charge is 0.478 e. The average molecular weight is 309 g/mol. The third-order valence-electron chi connectivity index (χ3n) is 2.27. The van der Waals surface area contributed by atoms with Crippen LogP contribution in [-0.2, 0) is 10.0 Å². The van der Waals surface area contributed by atoms with Gasteiger partial charge < -0.3 is 5.11 Å². The molecule has 0 radical (unpaired) electrons. The highest BCUT2D eigenvalue weighted by Crippen LogP contribution is 2.24. The van der Waals surface area contributed by atoms with Gasteiger partial charge in [-0.05, 0) is 23.6 Å². The molecule has 2 aromatic heterocycles. The Labute approximate surface area is 118 Å². The van der Waals surface area contributed by atoms with Crippen LogP contribution >= 0.6 is 11.3 Å². The van der Waals surface area contributed by atoms with Crippen LogP contribution in [0.2, 0.25) is 0 Å². The molecule has 0 aromatic carbocycles. The molecule has 102 valence electrons. The first-order chi connectivity index (χ1) is 9.44. The van der Waals surface area contributed by atoms with Gasteiger partial charge in [-0.25, -0.2) is 9.78 Å². The molecule has 7 nitrogen and oxygen atoms in total. The molecule has 0 amide bonds. The molecule has 20 heavy (non-hydrogen) atoms. The van der Waals surface area contributed by atoms with Crippen molar-refractivity contribution in [1.82, 2.24) is 4.98 Å². The fourth-order valence-electron chi connectivity index (χ4n) is 1.32. The maximum absolute atomic E-state index is 12.0. The van der Waals surface area contributed by atoms with Crippen molar-refractivity contribution < 1.29 is 18.3 Å². The first kappa shape index (κ1) is 14.0. The van der Waals surface area contributed by atoms with E-state index in [9.17, 15) is 13.2 Å². The summed E-state index contributed by atoms with van der Waals surface area (Å²) in [5.74, 6) is -1.19. The van der Waals surface area contributed by atoms with Crippen molar-refractivity contribution in [2.45, 2.75) is 5.03 Å². The third kappa shape index (κ3) is 2.76. The molecule has 0 unspecified atom stereocenters. The van der Waals surface area contributed by atoms with E-state index < -0.39 is 16.0 Å². The van der Waals surface area contributed by atoms with Gasteiger partial charge in [0.05, 0.1) is 11.1 Å². The van der Waals surface area contributed by atoms with Crippen molar-refractivity contribution in [2.75, 3.05) is 4.72 Å². The van der Waals surface area contributed by atoms with E-state index in [1.807, 2.05) is 6.07 Å². The van der Waals surface area contributed by atoms with Gasteiger partial charge in [-0.2, -0.15) is 13.7 Å². The normalized spacial score (nSPS) is 10.8. The summed E-state index contributed by atoms with van der Waals surface area (Å²) < 4.78 is 26.3. The number of nitrogens with one attached hydrogen (secondary N) is 1. The van der Waals surface area contributed by atoms with Gasteiger partial charge in [0.25, 0.3) is 10.0 Å². The summed E-state index contributed by atoms with van der Waals surface area (Å²) in [6.07, 6.45) is 0.955. The topological polar surface area (TPSA) is 120 Å². The fourth-order valence-corrected chi connectivity index (χ4v) is 3.32. The molecule has 2 N–H and O–H groups in total. The predicted molar refractivity (Wildman–Crippen MR) is 71.0 cm³/mol. The van der Waals surface area contributed by atoms with E-state index in [1.165, 1.54) is 6.07 Å². The number of hydrogen-bond acceptors (Lipinski definition) is 6. The highest BCUT2D eigenvalue weighted by molar-refractivity contribution is 7.92. The van der Waals surface area contributed by atoms with E-state index >= 15 is 0 Å². The molecular formula is C11H7N3O4S2. The van der Waals surface area contributed by atoms with Gasteiger partial charge in [-0.15, -0.1) is 11.3 Å². The number of nitriles is 1. The maximum atomic E-state index is 12.0. The van der Waals surface area contributed by atoms with Gasteiger partial charge in [0.2, 0.25) is 0 Å². The second-order valence-corrected chi connectivity index (χ2v) is 6.12. The number of nitrogens with zero attached hydrogens (tertiary/aromatic N) is 2. The molecule has 0 saturated carbocycles. The first-order valence-corrected chi connectivity index (χ1v) is 7.50. The van der Waals surface area contributed by atoms with Crippen LogP contribution < -0.4 is 4.72 Å². The second-order valence-electron chi connectivity index (χ2n) is 3.57. The van der Waals surface area contributed by atoms with Gasteiger partial charge in [0, 0.05) is 6.20 Å². The minimum absolute atomic E-state index is 0.113. The van der Waals surface area contributed by atoms with Gasteiger partial charge in [0.15, 0.2) is 5.03 Å². The van der Waals surface area contributed by atoms with Crippen molar-refractivity contribution in [3.63, 3.8) is 0 Å². The highest BCUT2D eigenvalue weighted by Gasteiger charge is 2.19. The van der Waals surface area contributed by atoms with Crippen LogP contribution in [0.4, 0.5) is 5.00 Å². The Bertz CT molecular complexity index is 788. The van der Waals surface area contributed by atoms with E-state index in [1.54, 1.807) is 5.38 Å². The lowest BCUT2D eigenvalue weighted by Crippen LogP contribution is -2.14. The van der Waals surface area contributed by atoms with Crippen LogP contribution in [0.3, 0.4) is 0 Å². The van der Waals surface area contributed by atoms with Crippen LogP contribution in [-0.4, -0.2) is 24.5 Å². The number of pyridine rings is 1. The van der Waals surface area contributed by atoms with Crippen molar-refractivity contribution in [3.8, 4) is 6.07 Å². The van der Waals surface area contributed by atoms with Crippen molar-refractivity contribution in [3.05, 3.63) is 40.9 Å². The zero-order valence-electron chi connectivity index (χ0n) is 9.77. The molecule has 0 fully saturated rings. The van der Waals surface area contributed by atoms with Gasteiger partial charge in [-0.1, -0.05) is 0 Å². The number of hydrogen-bond donors (Lipinski definition) is 2. The lowest BCUT2D eigenvalue weighted by molar-refractivity contribution is 0.0696. The van der Waals surface area contributed by atoms with Gasteiger partial charge in [0.1, 0.15) is 11.1 Å². The van der Waals surface area contributed by atoms with Crippen LogP contribution in [0.5, 0.6) is 0 Å². The number of aromatic carboxylic acids is 1. The fraction of sp³-hybridized carbons (Fsp3) is 0. The Balaban J connectivity index is 2.31. The zero-order valence-corrected chi connectivity index (χ0v) is 11.4. The monoisotopic (exact) mass is 309 g/mol. The molecule has 2 rings (SSSR count). The summed E-state index contributed by atoms with van der Waals surface area (Å²) in [7, 11) is -3.95. The molecule has 9 heteroatoms. The Hall–Kier alpha value is -2.44. The Morgan fingerprint density at radius 1 is 1.40 bits per heavy atom. The number of thiophene rings is 1. The van der Waals surface area contributed by atoms with Crippen LogP contribution in [0.15, 0.2) is 34.8 Å². The number of carboxylic acids is 1. The minimum atomic E-state index is -3.95. The van der Waals surface area contributed by atoms with E-state index in [0.29, 0.717) is 0 Å². The summed E-state index contributed by atoms with van der Waals surface area (Å²) in [6.45, 7) is 0. The third-order valence-corrected chi connectivity index (χ3v) is 4.50. The summed E-state index contributed by atoms with van der Waals surface area (Å²) >= 11 is 1.07. The lowest BCUT2D eigenvalue weighted by atomic mass is 10.3. The number of anilines is 1. The molecule has 0 aliphatic rings. The standard InChI is InChI=1S/C11H7N3O4S2/c12-5-7-3-4-19-10(7)14-20(17,18)9-2-1-8(6-13-9)11(15)16/h1-4,6,14H,(H,15,16). The Morgan fingerprint density at radius 2 is 2.15 bits per heavy atom. The average Bonchev–Trinajstić information content (AvgIpc) is 2.85. The number of sulfonamides is 1. The number of aromatic nitrogens is 1. The van der Waals surface area contributed by atoms with Crippen molar-refractivity contribution in [1.29, 1.82) is 5.26 Å². The van der Waals surface area contributed by atoms with Gasteiger partial charge >= 0.3 is 5.97 Å². The van der Waals surface area contributed by atoms with E-state index in [-0.39, 0.29) is 21.2 Å². The minimum Gasteiger partial charge on any atom is -0.478 e. The molecular weight excluding hydrogens is 302 g/mol. The molecule has 0 aliphatic carbocycles. The van der Waals surface area contributed by atoms with Crippen LogP contribution in [0, 0.1) is 11.3 Å². The molecule has 0 spiro atoms. The quantitative estimate of drug-likeness (QED) is 0.883. The summed E-state index contributed by atoms with van der Waals surface area (Å²) in [4.78, 5) is 14.3. The first-order valence-electron chi connectivity index (χ1n) is 5.14. The number of carboxylic acid groups (broad SMARTS) is 1. The highest BCUT2D eigenvalue weighted by atomic mass is 32.2. The second kappa shape index (κ2) is 5.28. The predicted octanol–water partition coefficient (Wildman–Crippen LogP) is 1.51. The maximum Gasteiger partial charge on any atom is 0.337 e. The van der Waals surface area contributed by atoms with E-state index in [0.717, 1.165) is 29.7 Å². The number of carbonyl (C=O) groups is 1. The molecule has 0 bridgehead atoms. The molecule has 2 aromatic rings. The van der Waals surface area contributed by atoms with E-state index in [2.05, 4.69) is 9.71 Å². The summed E-state index contributed by atoms with van der Waals surface area (Å²) in [5.41, 5.74) is 0.0959. The summed E-state index contributed by atoms with van der Waals surface area (Å²) in [6, 6.07) is 5.58. The van der Waals surface area contributed by atoms with Crippen LogP contribution in [0.25, 0.3) is 0 Å². The lowest BCUT2D eigenvalue weighted by Gasteiger charge is -2.05. The van der Waals surface area contributed by atoms with Gasteiger partial charge in [-0.3, -0.25) is 4.72 Å². The molecule has 0 saturated heterocycles. The Kier molecular flexibility index (Phi) is 3.69. The molecule has 2 heterocycles. The Morgan fingerprint density at radius 3 is 2.70 bits per heavy atom. The number of rotatable bonds is 4. The smallest absolute Gasteiger partial charge is 0.337 e. The molecule has 0 aliphatic heterocycles. The van der Waals surface area contributed by atoms with Crippen molar-refractivity contribution in [2.24, 2.45) is 0 Å². The van der Waals surface area contributed by atoms with Crippen molar-refractivity contribution >= 4 is 32.3 Å². The molecule has 0 atom stereocenters.